The van der Waals surface area contributed by atoms with E-state index in [1.54, 1.807) is 0 Å². The molecule has 0 spiro atoms. The van der Waals surface area contributed by atoms with E-state index in [0.717, 1.165) is 18.4 Å². The Morgan fingerprint density at radius 1 is 1.32 bits per heavy atom. The van der Waals surface area contributed by atoms with Gasteiger partial charge in [-0.3, -0.25) is 0 Å². The Morgan fingerprint density at radius 3 is 2.63 bits per heavy atom. The lowest BCUT2D eigenvalue weighted by molar-refractivity contribution is 0.135. The molecule has 1 aromatic rings. The first-order chi connectivity index (χ1) is 9.26. The minimum absolute atomic E-state index is 0.216. The molecule has 104 valence electrons. The molecular weight excluding hydrogens is 244 g/mol. The summed E-state index contributed by atoms with van der Waals surface area (Å²) < 4.78 is 4.81. The summed E-state index contributed by atoms with van der Waals surface area (Å²) in [5.41, 5.74) is 2.24. The molecule has 0 saturated heterocycles. The van der Waals surface area contributed by atoms with Crippen molar-refractivity contribution in [1.82, 2.24) is 5.32 Å². The molecular formula is C14H20N2O3. The van der Waals surface area contributed by atoms with E-state index in [1.807, 2.05) is 24.3 Å². The van der Waals surface area contributed by atoms with Crippen LogP contribution in [0.15, 0.2) is 36.9 Å². The van der Waals surface area contributed by atoms with E-state index in [-0.39, 0.29) is 6.61 Å². The van der Waals surface area contributed by atoms with Crippen LogP contribution >= 0.6 is 0 Å². The Morgan fingerprint density at radius 2 is 2.00 bits per heavy atom. The zero-order chi connectivity index (χ0) is 13.9. The number of aryl methyl sites for hydroxylation is 1. The predicted molar refractivity (Wildman–Crippen MR) is 73.3 cm³/mol. The monoisotopic (exact) mass is 264 g/mol. The fourth-order valence-corrected chi connectivity index (χ4v) is 1.54. The first-order valence-electron chi connectivity index (χ1n) is 6.17. The molecule has 3 N–H and O–H groups in total. The highest BCUT2D eigenvalue weighted by molar-refractivity contribution is 5.67. The molecule has 1 rings (SSSR count). The van der Waals surface area contributed by atoms with Gasteiger partial charge in [0.15, 0.2) is 0 Å². The third-order valence-electron chi connectivity index (χ3n) is 2.52. The van der Waals surface area contributed by atoms with E-state index >= 15 is 0 Å². The van der Waals surface area contributed by atoms with Crippen molar-refractivity contribution in [2.75, 3.05) is 13.2 Å². The zero-order valence-corrected chi connectivity index (χ0v) is 10.9. The first-order valence-corrected chi connectivity index (χ1v) is 6.17. The van der Waals surface area contributed by atoms with Crippen LogP contribution in [0.3, 0.4) is 0 Å². The van der Waals surface area contributed by atoms with Gasteiger partial charge < -0.3 is 14.9 Å². The highest BCUT2D eigenvalue weighted by Gasteiger charge is 2.00. The maximum Gasteiger partial charge on any atom is 0.407 e. The van der Waals surface area contributed by atoms with Crippen molar-refractivity contribution in [1.29, 1.82) is 0 Å². The number of amides is 1. The smallest absolute Gasteiger partial charge is 0.407 e. The summed E-state index contributed by atoms with van der Waals surface area (Å²) in [6.45, 7) is 4.69. The Kier molecular flexibility index (Phi) is 7.31. The van der Waals surface area contributed by atoms with E-state index in [9.17, 15) is 4.79 Å². The van der Waals surface area contributed by atoms with Crippen molar-refractivity contribution in [3.05, 3.63) is 48.0 Å². The summed E-state index contributed by atoms with van der Waals surface area (Å²) in [6, 6.07) is 8.02. The summed E-state index contributed by atoms with van der Waals surface area (Å²) in [7, 11) is 0. The molecule has 1 amide bonds. The van der Waals surface area contributed by atoms with Crippen molar-refractivity contribution in [2.24, 2.45) is 5.90 Å². The molecule has 0 aliphatic rings. The topological polar surface area (TPSA) is 73.6 Å². The number of carbonyl (C=O) groups excluding carboxylic acids is 1. The third kappa shape index (κ3) is 6.59. The Balaban J connectivity index is 2.31. The second-order valence-electron chi connectivity index (χ2n) is 4.03. The molecule has 19 heavy (non-hydrogen) atoms. The standard InChI is InChI=1S/C14H20N2O3/c1-2-9-18-14(17)16-11-13-7-5-12(6-8-13)4-3-10-19-15/h2,5-8H,1,3-4,9-11,15H2,(H,16,17). The number of alkyl carbamates (subject to hydrolysis) is 1. The summed E-state index contributed by atoms with van der Waals surface area (Å²) in [4.78, 5) is 15.7. The summed E-state index contributed by atoms with van der Waals surface area (Å²) >= 11 is 0. The second-order valence-corrected chi connectivity index (χ2v) is 4.03. The number of hydrogen-bond acceptors (Lipinski definition) is 4. The van der Waals surface area contributed by atoms with Crippen LogP contribution in [0, 0.1) is 0 Å². The van der Waals surface area contributed by atoms with Crippen molar-refractivity contribution in [3.8, 4) is 0 Å². The molecule has 0 unspecified atom stereocenters. The molecule has 0 aliphatic heterocycles. The molecule has 0 atom stereocenters. The van der Waals surface area contributed by atoms with Gasteiger partial charge in [0.2, 0.25) is 0 Å². The SMILES string of the molecule is C=CCOC(=O)NCc1ccc(CCCON)cc1. The van der Waals surface area contributed by atoms with Gasteiger partial charge >= 0.3 is 6.09 Å². The van der Waals surface area contributed by atoms with Gasteiger partial charge in [-0.25, -0.2) is 10.7 Å². The number of hydrogen-bond donors (Lipinski definition) is 2. The number of nitrogens with two attached hydrogens (primary N) is 1. The van der Waals surface area contributed by atoms with Crippen LogP contribution in [0.25, 0.3) is 0 Å². The fraction of sp³-hybridized carbons (Fsp3) is 0.357. The Labute approximate surface area is 113 Å². The lowest BCUT2D eigenvalue weighted by Gasteiger charge is -2.06. The van der Waals surface area contributed by atoms with Crippen LogP contribution < -0.4 is 11.2 Å². The van der Waals surface area contributed by atoms with Gasteiger partial charge in [0.05, 0.1) is 6.61 Å². The number of benzene rings is 1. The molecule has 0 bridgehead atoms. The summed E-state index contributed by atoms with van der Waals surface area (Å²) in [6.07, 6.45) is 2.90. The average molecular weight is 264 g/mol. The van der Waals surface area contributed by atoms with E-state index in [2.05, 4.69) is 16.7 Å². The van der Waals surface area contributed by atoms with Gasteiger partial charge in [0, 0.05) is 6.54 Å². The van der Waals surface area contributed by atoms with E-state index in [1.165, 1.54) is 11.6 Å². The number of rotatable bonds is 8. The van der Waals surface area contributed by atoms with Crippen molar-refractivity contribution < 1.29 is 14.4 Å². The molecule has 0 aromatic heterocycles. The van der Waals surface area contributed by atoms with Crippen LogP contribution in [0.1, 0.15) is 17.5 Å². The van der Waals surface area contributed by atoms with E-state index < -0.39 is 6.09 Å². The summed E-state index contributed by atoms with van der Waals surface area (Å²) in [5.74, 6) is 4.96. The predicted octanol–water partition coefficient (Wildman–Crippen LogP) is 1.92. The summed E-state index contributed by atoms with van der Waals surface area (Å²) in [5, 5.41) is 2.66. The van der Waals surface area contributed by atoms with E-state index in [4.69, 9.17) is 10.6 Å². The minimum atomic E-state index is -0.441. The fourth-order valence-electron chi connectivity index (χ4n) is 1.54. The normalized spacial score (nSPS) is 9.95. The highest BCUT2D eigenvalue weighted by Crippen LogP contribution is 2.06. The molecule has 0 heterocycles. The second kappa shape index (κ2) is 9.13. The largest absolute Gasteiger partial charge is 0.445 e. The van der Waals surface area contributed by atoms with Gasteiger partial charge in [-0.2, -0.15) is 0 Å². The quantitative estimate of drug-likeness (QED) is 0.427. The minimum Gasteiger partial charge on any atom is -0.445 e. The first kappa shape index (κ1) is 15.2. The van der Waals surface area contributed by atoms with Crippen LogP contribution in [0.2, 0.25) is 0 Å². The molecule has 1 aromatic carbocycles. The van der Waals surface area contributed by atoms with Crippen molar-refractivity contribution >= 4 is 6.09 Å². The van der Waals surface area contributed by atoms with Gasteiger partial charge in [0.25, 0.3) is 0 Å². The van der Waals surface area contributed by atoms with Crippen LogP contribution in [0.4, 0.5) is 4.79 Å². The van der Waals surface area contributed by atoms with Crippen LogP contribution in [0.5, 0.6) is 0 Å². The van der Waals surface area contributed by atoms with Crippen LogP contribution in [-0.4, -0.2) is 19.3 Å². The lowest BCUT2D eigenvalue weighted by atomic mass is 10.1. The van der Waals surface area contributed by atoms with Gasteiger partial charge in [-0.1, -0.05) is 36.9 Å². The maximum atomic E-state index is 11.2. The highest BCUT2D eigenvalue weighted by atomic mass is 16.6. The average Bonchev–Trinajstić information content (AvgIpc) is 2.44. The lowest BCUT2D eigenvalue weighted by Crippen LogP contribution is -2.23. The van der Waals surface area contributed by atoms with Gasteiger partial charge in [0.1, 0.15) is 6.61 Å². The molecule has 5 nitrogen and oxygen atoms in total. The zero-order valence-electron chi connectivity index (χ0n) is 10.9. The van der Waals surface area contributed by atoms with Gasteiger partial charge in [-0.05, 0) is 24.0 Å². The molecule has 0 saturated carbocycles. The van der Waals surface area contributed by atoms with E-state index in [0.29, 0.717) is 13.2 Å². The Bertz CT molecular complexity index is 390. The maximum absolute atomic E-state index is 11.2. The molecule has 0 aliphatic carbocycles. The van der Waals surface area contributed by atoms with Crippen molar-refractivity contribution in [3.63, 3.8) is 0 Å². The number of nitrogens with one attached hydrogen (secondary N) is 1. The molecule has 5 heteroatoms. The third-order valence-corrected chi connectivity index (χ3v) is 2.52. The van der Waals surface area contributed by atoms with Crippen molar-refractivity contribution in [2.45, 2.75) is 19.4 Å². The number of carbonyl (C=O) groups is 1. The van der Waals surface area contributed by atoms with Gasteiger partial charge in [-0.15, -0.1) is 0 Å². The van der Waals surface area contributed by atoms with Crippen LogP contribution in [-0.2, 0) is 22.5 Å². The molecule has 0 radical (unpaired) electrons. The number of ether oxygens (including phenoxy) is 1. The Hall–Kier alpha value is -1.85. The molecule has 0 fully saturated rings.